The molecule has 9 heteroatoms. The number of rotatable bonds is 6. The Balaban J connectivity index is 2.12. The molecule has 0 radical (unpaired) electrons. The highest BCUT2D eigenvalue weighted by molar-refractivity contribution is 9.10. The molecule has 5 N–H and O–H groups in total. The number of benzene rings is 2. The lowest BCUT2D eigenvalue weighted by Crippen LogP contribution is -2.17. The Morgan fingerprint density at radius 1 is 1.17 bits per heavy atom. The second kappa shape index (κ2) is 8.54. The average molecular weight is 464 g/mol. The summed E-state index contributed by atoms with van der Waals surface area (Å²) in [6, 6.07) is 9.50. The maximum absolute atomic E-state index is 14.0. The summed E-state index contributed by atoms with van der Waals surface area (Å²) >= 11 is 3.19. The van der Waals surface area contributed by atoms with Gasteiger partial charge >= 0.3 is 0 Å². The van der Waals surface area contributed by atoms with Crippen LogP contribution < -0.4 is 21.8 Å². The number of pyridine rings is 1. The van der Waals surface area contributed by atoms with Crippen molar-refractivity contribution < 1.29 is 18.3 Å². The van der Waals surface area contributed by atoms with Gasteiger partial charge in [-0.05, 0) is 45.8 Å². The number of nitrogens with one attached hydrogen (secondary N) is 1. The summed E-state index contributed by atoms with van der Waals surface area (Å²) in [6.45, 7) is -0.291. The Morgan fingerprint density at radius 3 is 2.59 bits per heavy atom. The number of carbonyl (C=O) groups excluding carboxylic acids is 1. The quantitative estimate of drug-likeness (QED) is 0.520. The Labute approximate surface area is 172 Å². The number of ether oxygens (including phenoxy) is 1. The van der Waals surface area contributed by atoms with Crippen LogP contribution in [-0.2, 0) is 13.2 Å². The molecule has 0 aliphatic heterocycles. The summed E-state index contributed by atoms with van der Waals surface area (Å²) in [5, 5.41) is 0. The van der Waals surface area contributed by atoms with E-state index < -0.39 is 23.1 Å². The molecule has 0 bridgehead atoms. The monoisotopic (exact) mass is 463 g/mol. The Hall–Kier alpha value is -3.04. The topological polar surface area (TPSA) is 111 Å². The molecule has 0 aliphatic rings. The third kappa shape index (κ3) is 4.36. The van der Waals surface area contributed by atoms with Gasteiger partial charge in [0.15, 0.2) is 0 Å². The van der Waals surface area contributed by atoms with Gasteiger partial charge in [-0.3, -0.25) is 9.59 Å². The fourth-order valence-electron chi connectivity index (χ4n) is 2.81. The lowest BCUT2D eigenvalue weighted by molar-refractivity contribution is 0.100. The summed E-state index contributed by atoms with van der Waals surface area (Å²) in [7, 11) is 0. The van der Waals surface area contributed by atoms with E-state index in [9.17, 15) is 18.4 Å². The summed E-state index contributed by atoms with van der Waals surface area (Å²) in [5.74, 6) is -2.00. The minimum atomic E-state index is -0.776. The van der Waals surface area contributed by atoms with E-state index in [0.717, 1.165) is 12.1 Å². The van der Waals surface area contributed by atoms with Gasteiger partial charge in [-0.2, -0.15) is 0 Å². The number of halogens is 3. The smallest absolute Gasteiger partial charge is 0.266 e. The molecule has 1 aromatic heterocycles. The zero-order valence-corrected chi connectivity index (χ0v) is 16.6. The summed E-state index contributed by atoms with van der Waals surface area (Å²) < 4.78 is 32.9. The van der Waals surface area contributed by atoms with Gasteiger partial charge in [0.1, 0.15) is 28.5 Å². The van der Waals surface area contributed by atoms with E-state index in [2.05, 4.69) is 20.9 Å². The maximum atomic E-state index is 14.0. The number of hydrogen-bond donors (Lipinski definition) is 3. The molecule has 150 valence electrons. The molecular weight excluding hydrogens is 448 g/mol. The molecule has 0 unspecified atom stereocenters. The highest BCUT2D eigenvalue weighted by atomic mass is 79.9. The lowest BCUT2D eigenvalue weighted by Gasteiger charge is -2.17. The molecular formula is C20H16BrF2N3O3. The standard InChI is InChI=1S/C20H16BrF2N3O3/c21-17-18(29-9-12-4-5-13(22)7-14(12)23)16(15(8-24)26-20(17)28)10-2-1-3-11(6-10)19(25)27/h1-7H,8-9,24H2,(H2,25,27)(H,26,28). The van der Waals surface area contributed by atoms with Gasteiger partial charge < -0.3 is 21.2 Å². The van der Waals surface area contributed by atoms with E-state index in [0.29, 0.717) is 16.8 Å². The van der Waals surface area contributed by atoms with Crippen molar-refractivity contribution in [3.05, 3.63) is 85.7 Å². The number of hydrogen-bond acceptors (Lipinski definition) is 4. The molecule has 2 aromatic carbocycles. The van der Waals surface area contributed by atoms with Crippen LogP contribution in [0, 0.1) is 11.6 Å². The van der Waals surface area contributed by atoms with Crippen LogP contribution >= 0.6 is 15.9 Å². The SMILES string of the molecule is NCc1[nH]c(=O)c(Br)c(OCc2ccc(F)cc2F)c1-c1cccc(C(N)=O)c1. The fraction of sp³-hybridized carbons (Fsp3) is 0.100. The second-order valence-electron chi connectivity index (χ2n) is 6.12. The number of aromatic nitrogens is 1. The largest absolute Gasteiger partial charge is 0.487 e. The molecule has 0 spiro atoms. The number of amides is 1. The zero-order valence-electron chi connectivity index (χ0n) is 15.0. The molecule has 3 aromatic rings. The number of carbonyl (C=O) groups is 1. The lowest BCUT2D eigenvalue weighted by atomic mass is 10.00. The van der Waals surface area contributed by atoms with Crippen molar-refractivity contribution in [1.82, 2.24) is 4.98 Å². The van der Waals surface area contributed by atoms with Crippen molar-refractivity contribution in [3.63, 3.8) is 0 Å². The highest BCUT2D eigenvalue weighted by Crippen LogP contribution is 2.37. The molecule has 1 heterocycles. The molecule has 0 saturated heterocycles. The minimum absolute atomic E-state index is 0.0279. The predicted octanol–water partition coefficient (Wildman–Crippen LogP) is 3.22. The van der Waals surface area contributed by atoms with Crippen molar-refractivity contribution in [2.75, 3.05) is 0 Å². The van der Waals surface area contributed by atoms with Gasteiger partial charge in [-0.25, -0.2) is 8.78 Å². The van der Waals surface area contributed by atoms with Gasteiger partial charge in [-0.1, -0.05) is 12.1 Å². The van der Waals surface area contributed by atoms with Crippen molar-refractivity contribution in [2.24, 2.45) is 11.5 Å². The predicted molar refractivity (Wildman–Crippen MR) is 107 cm³/mol. The molecule has 0 aliphatic carbocycles. The molecule has 1 amide bonds. The van der Waals surface area contributed by atoms with E-state index in [1.54, 1.807) is 18.2 Å². The van der Waals surface area contributed by atoms with Crippen LogP contribution in [-0.4, -0.2) is 10.9 Å². The van der Waals surface area contributed by atoms with E-state index in [4.69, 9.17) is 16.2 Å². The van der Waals surface area contributed by atoms with E-state index in [1.807, 2.05) is 0 Å². The summed E-state index contributed by atoms with van der Waals surface area (Å²) in [4.78, 5) is 26.5. The summed E-state index contributed by atoms with van der Waals surface area (Å²) in [5.41, 5.74) is 12.3. The first kappa shape index (κ1) is 20.7. The van der Waals surface area contributed by atoms with E-state index in [-0.39, 0.29) is 34.5 Å². The van der Waals surface area contributed by atoms with Crippen LogP contribution in [0.1, 0.15) is 21.6 Å². The third-order valence-electron chi connectivity index (χ3n) is 4.22. The molecule has 0 atom stereocenters. The van der Waals surface area contributed by atoms with Crippen molar-refractivity contribution in [1.29, 1.82) is 0 Å². The van der Waals surface area contributed by atoms with Gasteiger partial charge in [0.25, 0.3) is 5.56 Å². The summed E-state index contributed by atoms with van der Waals surface area (Å²) in [6.07, 6.45) is 0. The first-order valence-electron chi connectivity index (χ1n) is 8.43. The second-order valence-corrected chi connectivity index (χ2v) is 6.92. The van der Waals surface area contributed by atoms with E-state index in [1.165, 1.54) is 12.1 Å². The normalized spacial score (nSPS) is 10.8. The number of H-pyrrole nitrogens is 1. The fourth-order valence-corrected chi connectivity index (χ4v) is 3.23. The number of aromatic amines is 1. The van der Waals surface area contributed by atoms with Crippen LogP contribution in [0.4, 0.5) is 8.78 Å². The molecule has 0 fully saturated rings. The minimum Gasteiger partial charge on any atom is -0.487 e. The van der Waals surface area contributed by atoms with Crippen molar-refractivity contribution >= 4 is 21.8 Å². The highest BCUT2D eigenvalue weighted by Gasteiger charge is 2.20. The molecule has 0 saturated carbocycles. The van der Waals surface area contributed by atoms with Gasteiger partial charge in [0.05, 0.1) is 0 Å². The van der Waals surface area contributed by atoms with Crippen LogP contribution in [0.3, 0.4) is 0 Å². The van der Waals surface area contributed by atoms with Crippen LogP contribution in [0.25, 0.3) is 11.1 Å². The van der Waals surface area contributed by atoms with Crippen LogP contribution in [0.15, 0.2) is 51.7 Å². The first-order chi connectivity index (χ1) is 13.8. The van der Waals surface area contributed by atoms with E-state index >= 15 is 0 Å². The van der Waals surface area contributed by atoms with Crippen molar-refractivity contribution in [3.8, 4) is 16.9 Å². The zero-order chi connectivity index (χ0) is 21.1. The van der Waals surface area contributed by atoms with Crippen LogP contribution in [0.2, 0.25) is 0 Å². The van der Waals surface area contributed by atoms with Gasteiger partial charge in [0, 0.05) is 35.0 Å². The third-order valence-corrected chi connectivity index (χ3v) is 4.94. The van der Waals surface area contributed by atoms with Crippen molar-refractivity contribution in [2.45, 2.75) is 13.2 Å². The first-order valence-corrected chi connectivity index (χ1v) is 9.22. The molecule has 3 rings (SSSR count). The van der Waals surface area contributed by atoms with Crippen LogP contribution in [0.5, 0.6) is 5.75 Å². The maximum Gasteiger partial charge on any atom is 0.266 e. The Kier molecular flexibility index (Phi) is 6.09. The number of primary amides is 1. The Morgan fingerprint density at radius 2 is 1.93 bits per heavy atom. The average Bonchev–Trinajstić information content (AvgIpc) is 2.69. The van der Waals surface area contributed by atoms with Gasteiger partial charge in [-0.15, -0.1) is 0 Å². The molecule has 6 nitrogen and oxygen atoms in total. The Bertz CT molecular complexity index is 1150. The number of nitrogens with two attached hydrogens (primary N) is 2. The molecule has 29 heavy (non-hydrogen) atoms. The van der Waals surface area contributed by atoms with Gasteiger partial charge in [0.2, 0.25) is 5.91 Å².